The summed E-state index contributed by atoms with van der Waals surface area (Å²) in [5.41, 5.74) is 2.08. The second-order valence-electron chi connectivity index (χ2n) is 5.45. The lowest BCUT2D eigenvalue weighted by Crippen LogP contribution is -2.31. The first-order valence-corrected chi connectivity index (χ1v) is 7.25. The van der Waals surface area contributed by atoms with Crippen molar-refractivity contribution < 1.29 is 9.84 Å². The molecule has 1 heterocycles. The number of nitrogens with zero attached hydrogens (tertiary/aromatic N) is 1. The Morgan fingerprint density at radius 3 is 2.68 bits per heavy atom. The lowest BCUT2D eigenvalue weighted by molar-refractivity contribution is 0.131. The van der Waals surface area contributed by atoms with Crippen LogP contribution in [-0.2, 0) is 0 Å². The van der Waals surface area contributed by atoms with Gasteiger partial charge in [-0.05, 0) is 51.4 Å². The van der Waals surface area contributed by atoms with Crippen LogP contribution in [0.15, 0.2) is 18.2 Å². The van der Waals surface area contributed by atoms with Crippen molar-refractivity contribution in [3.05, 3.63) is 29.3 Å². The number of rotatable bonds is 5. The van der Waals surface area contributed by atoms with Crippen LogP contribution in [0.5, 0.6) is 5.75 Å². The number of hydrogen-bond donors (Lipinski definition) is 1. The molecule has 0 aromatic heterocycles. The quantitative estimate of drug-likeness (QED) is 0.886. The first-order chi connectivity index (χ1) is 9.20. The molecule has 1 aliphatic heterocycles. The van der Waals surface area contributed by atoms with Gasteiger partial charge in [0.2, 0.25) is 0 Å². The molecular formula is C16H25NO2. The van der Waals surface area contributed by atoms with E-state index in [0.717, 1.165) is 29.8 Å². The molecule has 1 N–H and O–H groups in total. The Hall–Kier alpha value is -1.06. The van der Waals surface area contributed by atoms with Gasteiger partial charge in [0.15, 0.2) is 0 Å². The summed E-state index contributed by atoms with van der Waals surface area (Å²) in [6.45, 7) is 5.37. The van der Waals surface area contributed by atoms with Crippen LogP contribution in [0.3, 0.4) is 0 Å². The summed E-state index contributed by atoms with van der Waals surface area (Å²) in [4.78, 5) is 2.45. The number of ether oxygens (including phenoxy) is 1. The third-order valence-electron chi connectivity index (χ3n) is 3.91. The lowest BCUT2D eigenvalue weighted by Gasteiger charge is -2.27. The van der Waals surface area contributed by atoms with Gasteiger partial charge in [-0.15, -0.1) is 0 Å². The Labute approximate surface area is 116 Å². The van der Waals surface area contributed by atoms with Crippen LogP contribution in [0.25, 0.3) is 0 Å². The second-order valence-corrected chi connectivity index (χ2v) is 5.45. The van der Waals surface area contributed by atoms with Crippen LogP contribution in [0.4, 0.5) is 0 Å². The van der Waals surface area contributed by atoms with E-state index in [2.05, 4.69) is 4.90 Å². The molecule has 1 fully saturated rings. The average Bonchev–Trinajstić information content (AvgIpc) is 2.46. The van der Waals surface area contributed by atoms with Crippen LogP contribution in [0.1, 0.15) is 42.9 Å². The molecule has 0 spiro atoms. The first-order valence-electron chi connectivity index (χ1n) is 7.25. The first kappa shape index (κ1) is 14.4. The molecular weight excluding hydrogens is 238 g/mol. The summed E-state index contributed by atoms with van der Waals surface area (Å²) in [5.74, 6) is 0.789. The Bertz CT molecular complexity index is 400. The SMILES string of the molecule is COc1ccc(C)cc1C(O)CCN1CCCCC1. The Balaban J connectivity index is 1.94. The van der Waals surface area contributed by atoms with E-state index in [1.807, 2.05) is 25.1 Å². The lowest BCUT2D eigenvalue weighted by atomic mass is 10.0. The monoisotopic (exact) mass is 263 g/mol. The molecule has 1 aromatic carbocycles. The molecule has 1 aliphatic rings. The van der Waals surface area contributed by atoms with Crippen molar-refractivity contribution >= 4 is 0 Å². The number of piperidine rings is 1. The van der Waals surface area contributed by atoms with Crippen LogP contribution in [0, 0.1) is 6.92 Å². The van der Waals surface area contributed by atoms with Gasteiger partial charge < -0.3 is 14.7 Å². The number of aliphatic hydroxyl groups is 1. The zero-order chi connectivity index (χ0) is 13.7. The number of methoxy groups -OCH3 is 1. The number of aliphatic hydroxyl groups excluding tert-OH is 1. The maximum atomic E-state index is 10.4. The Morgan fingerprint density at radius 1 is 1.26 bits per heavy atom. The molecule has 0 bridgehead atoms. The number of likely N-dealkylation sites (tertiary alicyclic amines) is 1. The van der Waals surface area contributed by atoms with E-state index in [0.29, 0.717) is 0 Å². The Morgan fingerprint density at radius 2 is 2.00 bits per heavy atom. The van der Waals surface area contributed by atoms with E-state index < -0.39 is 6.10 Å². The maximum absolute atomic E-state index is 10.4. The summed E-state index contributed by atoms with van der Waals surface area (Å²) < 4.78 is 5.34. The molecule has 19 heavy (non-hydrogen) atoms. The van der Waals surface area contributed by atoms with Crippen LogP contribution in [0.2, 0.25) is 0 Å². The van der Waals surface area contributed by atoms with Crippen molar-refractivity contribution in [3.8, 4) is 5.75 Å². The van der Waals surface area contributed by atoms with Gasteiger partial charge in [0, 0.05) is 12.1 Å². The largest absolute Gasteiger partial charge is 0.496 e. The molecule has 1 aromatic rings. The zero-order valence-electron chi connectivity index (χ0n) is 12.1. The highest BCUT2D eigenvalue weighted by atomic mass is 16.5. The molecule has 0 radical (unpaired) electrons. The number of aryl methyl sites for hydroxylation is 1. The predicted molar refractivity (Wildman–Crippen MR) is 77.6 cm³/mol. The van der Waals surface area contributed by atoms with Gasteiger partial charge in [0.1, 0.15) is 5.75 Å². The number of benzene rings is 1. The summed E-state index contributed by atoms with van der Waals surface area (Å²) in [5, 5.41) is 10.4. The third-order valence-corrected chi connectivity index (χ3v) is 3.91. The van der Waals surface area contributed by atoms with Crippen molar-refractivity contribution in [2.75, 3.05) is 26.7 Å². The summed E-state index contributed by atoms with van der Waals surface area (Å²) in [6.07, 6.45) is 4.29. The molecule has 2 rings (SSSR count). The smallest absolute Gasteiger partial charge is 0.124 e. The van der Waals surface area contributed by atoms with E-state index in [-0.39, 0.29) is 0 Å². The highest BCUT2D eigenvalue weighted by Gasteiger charge is 2.16. The maximum Gasteiger partial charge on any atom is 0.124 e. The second kappa shape index (κ2) is 6.92. The fraction of sp³-hybridized carbons (Fsp3) is 0.625. The molecule has 106 valence electrons. The fourth-order valence-corrected chi connectivity index (χ4v) is 2.76. The van der Waals surface area contributed by atoms with Crippen LogP contribution < -0.4 is 4.74 Å². The van der Waals surface area contributed by atoms with E-state index >= 15 is 0 Å². The van der Waals surface area contributed by atoms with Crippen LogP contribution >= 0.6 is 0 Å². The van der Waals surface area contributed by atoms with Gasteiger partial charge in [-0.3, -0.25) is 0 Å². The third kappa shape index (κ3) is 3.95. The van der Waals surface area contributed by atoms with Crippen molar-refractivity contribution in [2.45, 2.75) is 38.7 Å². The molecule has 1 saturated heterocycles. The van der Waals surface area contributed by atoms with Crippen LogP contribution in [-0.4, -0.2) is 36.8 Å². The van der Waals surface area contributed by atoms with Gasteiger partial charge in [0.25, 0.3) is 0 Å². The summed E-state index contributed by atoms with van der Waals surface area (Å²) >= 11 is 0. The zero-order valence-corrected chi connectivity index (χ0v) is 12.1. The van der Waals surface area contributed by atoms with Gasteiger partial charge in [-0.25, -0.2) is 0 Å². The predicted octanol–water partition coefficient (Wildman–Crippen LogP) is 2.91. The van der Waals surface area contributed by atoms with Crippen molar-refractivity contribution in [1.29, 1.82) is 0 Å². The minimum Gasteiger partial charge on any atom is -0.496 e. The van der Waals surface area contributed by atoms with Gasteiger partial charge >= 0.3 is 0 Å². The van der Waals surface area contributed by atoms with E-state index in [1.54, 1.807) is 7.11 Å². The molecule has 3 nitrogen and oxygen atoms in total. The molecule has 3 heteroatoms. The molecule has 1 unspecified atom stereocenters. The topological polar surface area (TPSA) is 32.7 Å². The van der Waals surface area contributed by atoms with E-state index in [1.165, 1.54) is 32.4 Å². The minimum atomic E-state index is -0.434. The molecule has 0 aliphatic carbocycles. The normalized spacial score (nSPS) is 18.3. The van der Waals surface area contributed by atoms with Gasteiger partial charge in [-0.2, -0.15) is 0 Å². The van der Waals surface area contributed by atoms with Gasteiger partial charge in [0.05, 0.1) is 13.2 Å². The molecule has 0 saturated carbocycles. The standard InChI is InChI=1S/C16H25NO2/c1-13-6-7-16(19-2)14(12-13)15(18)8-11-17-9-4-3-5-10-17/h6-7,12,15,18H,3-5,8-11H2,1-2H3. The highest BCUT2D eigenvalue weighted by Crippen LogP contribution is 2.28. The molecule has 0 amide bonds. The van der Waals surface area contributed by atoms with Gasteiger partial charge in [-0.1, -0.05) is 18.1 Å². The van der Waals surface area contributed by atoms with E-state index in [4.69, 9.17) is 4.74 Å². The van der Waals surface area contributed by atoms with E-state index in [9.17, 15) is 5.11 Å². The average molecular weight is 263 g/mol. The Kier molecular flexibility index (Phi) is 5.23. The van der Waals surface area contributed by atoms with Crippen molar-refractivity contribution in [3.63, 3.8) is 0 Å². The highest BCUT2D eigenvalue weighted by molar-refractivity contribution is 5.38. The summed E-state index contributed by atoms with van der Waals surface area (Å²) in [6, 6.07) is 5.98. The summed E-state index contributed by atoms with van der Waals surface area (Å²) in [7, 11) is 1.66. The molecule has 1 atom stereocenters. The minimum absolute atomic E-state index is 0.434. The van der Waals surface area contributed by atoms with Crippen molar-refractivity contribution in [1.82, 2.24) is 4.90 Å². The fourth-order valence-electron chi connectivity index (χ4n) is 2.76. The number of hydrogen-bond acceptors (Lipinski definition) is 3. The van der Waals surface area contributed by atoms with Crippen molar-refractivity contribution in [2.24, 2.45) is 0 Å².